The molecule has 0 spiro atoms. The Bertz CT molecular complexity index is 881. The number of carboxylic acids is 1. The number of ether oxygens (including phenoxy) is 1. The molecular formula is C20H27N3O5S. The summed E-state index contributed by atoms with van der Waals surface area (Å²) in [6, 6.07) is 5.60. The maximum atomic E-state index is 11.7. The van der Waals surface area contributed by atoms with Gasteiger partial charge in [-0.25, -0.2) is 8.42 Å². The van der Waals surface area contributed by atoms with Crippen LogP contribution in [0.15, 0.2) is 30.6 Å². The molecule has 158 valence electrons. The standard InChI is InChI=1S/C20H27N3O5S/c24-19(25)20(9-13-29(26,27)14-10-20)8-3-1-2-4-12-28-16-5-6-17(21-15-16)18-7-11-22-23-18/h5-7,11,15H,1-4,8-10,12-14H2,(H,22,23)(H,24,25). The van der Waals surface area contributed by atoms with Crippen LogP contribution in [0.5, 0.6) is 5.75 Å². The lowest BCUT2D eigenvalue weighted by Crippen LogP contribution is -2.39. The van der Waals surface area contributed by atoms with Gasteiger partial charge < -0.3 is 9.84 Å². The van der Waals surface area contributed by atoms with Gasteiger partial charge >= 0.3 is 5.97 Å². The molecule has 0 saturated carbocycles. The Labute approximate surface area is 170 Å². The summed E-state index contributed by atoms with van der Waals surface area (Å²) in [5.41, 5.74) is 0.785. The SMILES string of the molecule is O=C(O)C1(CCCCCCOc2ccc(-c3ccn[nH]3)nc2)CCS(=O)(=O)CC1. The van der Waals surface area contributed by atoms with E-state index < -0.39 is 21.2 Å². The van der Waals surface area contributed by atoms with Gasteiger partial charge in [-0.05, 0) is 43.9 Å². The largest absolute Gasteiger partial charge is 0.492 e. The molecular weight excluding hydrogens is 394 g/mol. The molecule has 3 rings (SSSR count). The van der Waals surface area contributed by atoms with Crippen LogP contribution in [-0.4, -0.2) is 52.8 Å². The molecule has 2 aromatic heterocycles. The Morgan fingerprint density at radius 1 is 1.14 bits per heavy atom. The Kier molecular flexibility index (Phi) is 6.89. The lowest BCUT2D eigenvalue weighted by molar-refractivity contribution is -0.150. The number of pyridine rings is 1. The highest BCUT2D eigenvalue weighted by molar-refractivity contribution is 7.91. The number of hydrogen-bond donors (Lipinski definition) is 2. The van der Waals surface area contributed by atoms with Crippen molar-refractivity contribution in [1.82, 2.24) is 15.2 Å². The molecule has 2 N–H and O–H groups in total. The monoisotopic (exact) mass is 421 g/mol. The second-order valence-electron chi connectivity index (χ2n) is 7.60. The number of H-pyrrole nitrogens is 1. The van der Waals surface area contributed by atoms with E-state index in [0.717, 1.165) is 37.1 Å². The van der Waals surface area contributed by atoms with Gasteiger partial charge in [0.05, 0.1) is 41.1 Å². The van der Waals surface area contributed by atoms with Gasteiger partial charge in [0.2, 0.25) is 0 Å². The van der Waals surface area contributed by atoms with Gasteiger partial charge in [-0.2, -0.15) is 5.10 Å². The number of carbonyl (C=O) groups is 1. The second-order valence-corrected chi connectivity index (χ2v) is 9.90. The number of sulfone groups is 1. The number of nitrogens with zero attached hydrogens (tertiary/aromatic N) is 2. The van der Waals surface area contributed by atoms with E-state index in [0.29, 0.717) is 18.8 Å². The quantitative estimate of drug-likeness (QED) is 0.565. The number of aromatic nitrogens is 3. The molecule has 1 aliphatic rings. The number of aromatic amines is 1. The third-order valence-electron chi connectivity index (χ3n) is 5.57. The first-order chi connectivity index (χ1) is 13.9. The molecule has 3 heterocycles. The zero-order chi connectivity index (χ0) is 20.7. The molecule has 0 amide bonds. The molecule has 1 saturated heterocycles. The van der Waals surface area contributed by atoms with Gasteiger partial charge in [-0.3, -0.25) is 14.9 Å². The van der Waals surface area contributed by atoms with Crippen LogP contribution in [-0.2, 0) is 14.6 Å². The summed E-state index contributed by atoms with van der Waals surface area (Å²) in [7, 11) is -3.06. The Hall–Kier alpha value is -2.42. The highest BCUT2D eigenvalue weighted by Crippen LogP contribution is 2.38. The smallest absolute Gasteiger partial charge is 0.309 e. The molecule has 0 aromatic carbocycles. The van der Waals surface area contributed by atoms with Gasteiger partial charge in [0.15, 0.2) is 0 Å². The molecule has 1 aliphatic heterocycles. The van der Waals surface area contributed by atoms with Crippen molar-refractivity contribution in [3.8, 4) is 17.1 Å². The molecule has 8 nitrogen and oxygen atoms in total. The number of carboxylic acid groups (broad SMARTS) is 1. The average molecular weight is 422 g/mol. The minimum absolute atomic E-state index is 0.0136. The Morgan fingerprint density at radius 2 is 1.90 bits per heavy atom. The van der Waals surface area contributed by atoms with Gasteiger partial charge in [0.25, 0.3) is 0 Å². The molecule has 0 aliphatic carbocycles. The van der Waals surface area contributed by atoms with Crippen LogP contribution >= 0.6 is 0 Å². The predicted molar refractivity (Wildman–Crippen MR) is 108 cm³/mol. The van der Waals surface area contributed by atoms with E-state index in [1.807, 2.05) is 18.2 Å². The molecule has 2 aromatic rings. The van der Waals surface area contributed by atoms with Gasteiger partial charge in [0.1, 0.15) is 15.6 Å². The van der Waals surface area contributed by atoms with Gasteiger partial charge in [-0.15, -0.1) is 0 Å². The van der Waals surface area contributed by atoms with Crippen molar-refractivity contribution in [1.29, 1.82) is 0 Å². The first kappa shape index (κ1) is 21.3. The zero-order valence-electron chi connectivity index (χ0n) is 16.3. The van der Waals surface area contributed by atoms with E-state index in [-0.39, 0.29) is 24.3 Å². The van der Waals surface area contributed by atoms with Crippen molar-refractivity contribution in [2.45, 2.75) is 44.9 Å². The van der Waals surface area contributed by atoms with E-state index in [1.165, 1.54) is 0 Å². The topological polar surface area (TPSA) is 122 Å². The fraction of sp³-hybridized carbons (Fsp3) is 0.550. The highest BCUT2D eigenvalue weighted by Gasteiger charge is 2.42. The summed E-state index contributed by atoms with van der Waals surface area (Å²) < 4.78 is 28.9. The lowest BCUT2D eigenvalue weighted by Gasteiger charge is -2.33. The minimum Gasteiger partial charge on any atom is -0.492 e. The van der Waals surface area contributed by atoms with E-state index in [9.17, 15) is 18.3 Å². The van der Waals surface area contributed by atoms with Gasteiger partial charge in [0, 0.05) is 6.20 Å². The number of unbranched alkanes of at least 4 members (excludes halogenated alkanes) is 3. The zero-order valence-corrected chi connectivity index (χ0v) is 17.2. The van der Waals surface area contributed by atoms with Crippen LogP contribution in [0.25, 0.3) is 11.4 Å². The van der Waals surface area contributed by atoms with Crippen molar-refractivity contribution in [3.05, 3.63) is 30.6 Å². The third kappa shape index (κ3) is 5.79. The minimum atomic E-state index is -3.06. The molecule has 0 radical (unpaired) electrons. The summed E-state index contributed by atoms with van der Waals surface area (Å²) in [5, 5.41) is 16.3. The summed E-state index contributed by atoms with van der Waals surface area (Å²) in [6.07, 6.45) is 7.86. The summed E-state index contributed by atoms with van der Waals surface area (Å²) in [5.74, 6) is -0.177. The average Bonchev–Trinajstić information content (AvgIpc) is 3.24. The number of aliphatic carboxylic acids is 1. The number of nitrogens with one attached hydrogen (secondary N) is 1. The normalized spacial score (nSPS) is 17.7. The number of hydrogen-bond acceptors (Lipinski definition) is 6. The van der Waals surface area contributed by atoms with Gasteiger partial charge in [-0.1, -0.05) is 19.3 Å². The van der Waals surface area contributed by atoms with E-state index in [2.05, 4.69) is 15.2 Å². The van der Waals surface area contributed by atoms with Crippen molar-refractivity contribution in [2.24, 2.45) is 5.41 Å². The lowest BCUT2D eigenvalue weighted by atomic mass is 9.77. The van der Waals surface area contributed by atoms with Crippen molar-refractivity contribution in [2.75, 3.05) is 18.1 Å². The molecule has 29 heavy (non-hydrogen) atoms. The fourth-order valence-corrected chi connectivity index (χ4v) is 5.24. The molecule has 0 atom stereocenters. The van der Waals surface area contributed by atoms with Crippen LogP contribution in [0.3, 0.4) is 0 Å². The van der Waals surface area contributed by atoms with Crippen LogP contribution in [0.4, 0.5) is 0 Å². The molecule has 1 fully saturated rings. The summed E-state index contributed by atoms with van der Waals surface area (Å²) >= 11 is 0. The molecule has 0 unspecified atom stereocenters. The Balaban J connectivity index is 1.33. The van der Waals surface area contributed by atoms with Crippen LogP contribution in [0, 0.1) is 5.41 Å². The van der Waals surface area contributed by atoms with Crippen LogP contribution in [0.2, 0.25) is 0 Å². The van der Waals surface area contributed by atoms with E-state index >= 15 is 0 Å². The van der Waals surface area contributed by atoms with E-state index in [4.69, 9.17) is 4.74 Å². The number of rotatable bonds is 10. The third-order valence-corrected chi connectivity index (χ3v) is 7.22. The molecule has 9 heteroatoms. The summed E-state index contributed by atoms with van der Waals surface area (Å²) in [6.45, 7) is 0.577. The van der Waals surface area contributed by atoms with Crippen molar-refractivity contribution < 1.29 is 23.1 Å². The maximum Gasteiger partial charge on any atom is 0.309 e. The second kappa shape index (κ2) is 9.39. The first-order valence-electron chi connectivity index (χ1n) is 9.93. The first-order valence-corrected chi connectivity index (χ1v) is 11.7. The predicted octanol–water partition coefficient (Wildman–Crippen LogP) is 3.08. The van der Waals surface area contributed by atoms with Crippen LogP contribution in [0.1, 0.15) is 44.9 Å². The maximum absolute atomic E-state index is 11.7. The van der Waals surface area contributed by atoms with Crippen molar-refractivity contribution >= 4 is 15.8 Å². The Morgan fingerprint density at radius 3 is 2.52 bits per heavy atom. The highest BCUT2D eigenvalue weighted by atomic mass is 32.2. The molecule has 0 bridgehead atoms. The fourth-order valence-electron chi connectivity index (χ4n) is 3.63. The summed E-state index contributed by atoms with van der Waals surface area (Å²) in [4.78, 5) is 16.0. The van der Waals surface area contributed by atoms with E-state index in [1.54, 1.807) is 12.4 Å². The van der Waals surface area contributed by atoms with Crippen molar-refractivity contribution in [3.63, 3.8) is 0 Å². The van der Waals surface area contributed by atoms with Crippen LogP contribution < -0.4 is 4.74 Å².